The first kappa shape index (κ1) is 8.44. The van der Waals surface area contributed by atoms with Crippen molar-refractivity contribution in [3.63, 3.8) is 0 Å². The lowest BCUT2D eigenvalue weighted by molar-refractivity contribution is 0.520. The quantitative estimate of drug-likeness (QED) is 0.560. The second kappa shape index (κ2) is 7.44. The van der Waals surface area contributed by atoms with Crippen LogP contribution < -0.4 is 5.32 Å². The molecule has 1 heterocycles. The minimum Gasteiger partial charge on any atom is -0.317 e. The Labute approximate surface area is 60.0 Å². The van der Waals surface area contributed by atoms with Crippen molar-refractivity contribution in [1.29, 1.82) is 0 Å². The highest BCUT2D eigenvalue weighted by Crippen LogP contribution is 1.96. The Morgan fingerprint density at radius 1 is 1.00 bits per heavy atom. The van der Waals surface area contributed by atoms with Crippen LogP contribution in [0.15, 0.2) is 0 Å². The third-order valence-corrected chi connectivity index (χ3v) is 1.21. The van der Waals surface area contributed by atoms with Gasteiger partial charge in [0.05, 0.1) is 0 Å². The van der Waals surface area contributed by atoms with Crippen molar-refractivity contribution >= 4 is 15.9 Å². The molecule has 0 radical (unpaired) electrons. The van der Waals surface area contributed by atoms with Gasteiger partial charge in [0.1, 0.15) is 0 Å². The Morgan fingerprint density at radius 2 is 1.50 bits per heavy atom. The van der Waals surface area contributed by atoms with Crippen LogP contribution in [0.5, 0.6) is 0 Å². The predicted octanol–water partition coefficient (Wildman–Crippen LogP) is 1.77. The summed E-state index contributed by atoms with van der Waals surface area (Å²) in [6.45, 7) is 2.50. The van der Waals surface area contributed by atoms with Crippen LogP contribution in [0.25, 0.3) is 0 Å². The Bertz CT molecular complexity index is 24.0. The molecule has 50 valence electrons. The molecule has 1 nitrogen and oxygen atoms in total. The van der Waals surface area contributed by atoms with Crippen LogP contribution in [0.2, 0.25) is 0 Å². The number of piperidine rings is 1. The summed E-state index contributed by atoms with van der Waals surface area (Å²) >= 11 is 2.94. The van der Waals surface area contributed by atoms with Gasteiger partial charge in [0, 0.05) is 0 Å². The number of halogens is 1. The Morgan fingerprint density at radius 3 is 1.62 bits per heavy atom. The zero-order chi connectivity index (χ0) is 6.24. The average molecular weight is 180 g/mol. The van der Waals surface area contributed by atoms with Crippen molar-refractivity contribution in [3.05, 3.63) is 0 Å². The van der Waals surface area contributed by atoms with Gasteiger partial charge in [0.25, 0.3) is 0 Å². The first-order valence-electron chi connectivity index (χ1n) is 3.09. The molecule has 0 aromatic carbocycles. The van der Waals surface area contributed by atoms with Gasteiger partial charge in [-0.25, -0.2) is 0 Å². The number of hydrogen-bond donors (Lipinski definition) is 1. The lowest BCUT2D eigenvalue weighted by Crippen LogP contribution is -2.21. The zero-order valence-corrected chi connectivity index (χ0v) is 7.00. The van der Waals surface area contributed by atoms with Gasteiger partial charge in [0.2, 0.25) is 0 Å². The maximum atomic E-state index is 3.28. The molecule has 1 aliphatic heterocycles. The number of nitrogens with one attached hydrogen (secondary N) is 1. The molecule has 1 saturated heterocycles. The monoisotopic (exact) mass is 179 g/mol. The second-order valence-corrected chi connectivity index (χ2v) is 1.81. The lowest BCUT2D eigenvalue weighted by Gasteiger charge is -2.08. The molecule has 0 bridgehead atoms. The van der Waals surface area contributed by atoms with Gasteiger partial charge in [-0.3, -0.25) is 0 Å². The zero-order valence-electron chi connectivity index (χ0n) is 5.41. The first-order valence-corrected chi connectivity index (χ1v) is 4.67. The van der Waals surface area contributed by atoms with Crippen LogP contribution in [0, 0.1) is 0 Å². The van der Waals surface area contributed by atoms with Crippen molar-refractivity contribution < 1.29 is 0 Å². The highest BCUT2D eigenvalue weighted by molar-refractivity contribution is 9.08. The van der Waals surface area contributed by atoms with E-state index in [1.54, 1.807) is 0 Å². The normalized spacial score (nSPS) is 18.8. The van der Waals surface area contributed by atoms with E-state index in [0.29, 0.717) is 0 Å². The van der Waals surface area contributed by atoms with Crippen molar-refractivity contribution in [2.45, 2.75) is 19.3 Å². The van der Waals surface area contributed by atoms with E-state index in [2.05, 4.69) is 21.2 Å². The van der Waals surface area contributed by atoms with Crippen molar-refractivity contribution in [2.75, 3.05) is 18.9 Å². The number of alkyl halides is 1. The molecule has 1 rings (SSSR count). The SMILES string of the molecule is C1CCNCC1.CBr. The van der Waals surface area contributed by atoms with E-state index in [1.807, 2.05) is 5.83 Å². The molecule has 0 atom stereocenters. The number of hydrogen-bond acceptors (Lipinski definition) is 1. The standard InChI is InChI=1S/C5H11N.CH3Br/c1-2-4-6-5-3-1;1-2/h6H,1-5H2;1H3. The molecule has 0 amide bonds. The molecular weight excluding hydrogens is 166 g/mol. The van der Waals surface area contributed by atoms with Crippen LogP contribution in [0.4, 0.5) is 0 Å². The molecule has 0 aromatic rings. The van der Waals surface area contributed by atoms with E-state index in [4.69, 9.17) is 0 Å². The molecule has 0 aromatic heterocycles. The van der Waals surface area contributed by atoms with Crippen molar-refractivity contribution in [1.82, 2.24) is 5.32 Å². The molecule has 0 saturated carbocycles. The summed E-state index contributed by atoms with van der Waals surface area (Å²) in [6.07, 6.45) is 4.22. The molecule has 0 unspecified atom stereocenters. The summed E-state index contributed by atoms with van der Waals surface area (Å²) in [4.78, 5) is 0. The summed E-state index contributed by atoms with van der Waals surface area (Å²) in [7, 11) is 0. The molecular formula is C6H14BrN. The molecule has 1 N–H and O–H groups in total. The number of rotatable bonds is 0. The van der Waals surface area contributed by atoms with Crippen LogP contribution in [-0.2, 0) is 0 Å². The van der Waals surface area contributed by atoms with E-state index < -0.39 is 0 Å². The fourth-order valence-corrected chi connectivity index (χ4v) is 0.802. The van der Waals surface area contributed by atoms with Gasteiger partial charge in [-0.15, -0.1) is 0 Å². The van der Waals surface area contributed by atoms with Gasteiger partial charge in [-0.2, -0.15) is 0 Å². The van der Waals surface area contributed by atoms with Gasteiger partial charge in [-0.1, -0.05) is 22.4 Å². The minimum atomic E-state index is 1.25. The third-order valence-electron chi connectivity index (χ3n) is 1.21. The van der Waals surface area contributed by atoms with Gasteiger partial charge in [-0.05, 0) is 31.8 Å². The Balaban J connectivity index is 0.000000222. The van der Waals surface area contributed by atoms with Crippen LogP contribution >= 0.6 is 15.9 Å². The summed E-state index contributed by atoms with van der Waals surface area (Å²) in [5, 5.41) is 3.28. The molecule has 0 aliphatic carbocycles. The predicted molar refractivity (Wildman–Crippen MR) is 41.6 cm³/mol. The van der Waals surface area contributed by atoms with E-state index in [1.165, 1.54) is 32.4 Å². The maximum Gasteiger partial charge on any atom is -0.00489 e. The third kappa shape index (κ3) is 4.60. The van der Waals surface area contributed by atoms with E-state index in [-0.39, 0.29) is 0 Å². The highest BCUT2D eigenvalue weighted by Gasteiger charge is 1.93. The largest absolute Gasteiger partial charge is 0.317 e. The second-order valence-electron chi connectivity index (χ2n) is 1.81. The van der Waals surface area contributed by atoms with Crippen molar-refractivity contribution in [3.8, 4) is 0 Å². The summed E-state index contributed by atoms with van der Waals surface area (Å²) < 4.78 is 0. The highest BCUT2D eigenvalue weighted by atomic mass is 79.9. The van der Waals surface area contributed by atoms with Gasteiger partial charge < -0.3 is 5.32 Å². The minimum absolute atomic E-state index is 1.25. The molecule has 1 fully saturated rings. The first-order chi connectivity index (χ1) is 4.00. The smallest absolute Gasteiger partial charge is 0.00489 e. The van der Waals surface area contributed by atoms with E-state index in [9.17, 15) is 0 Å². The molecule has 2 heteroatoms. The maximum absolute atomic E-state index is 3.28. The Hall–Kier alpha value is 0.440. The summed E-state index contributed by atoms with van der Waals surface area (Å²) in [5.41, 5.74) is 0. The van der Waals surface area contributed by atoms with Crippen LogP contribution in [0.1, 0.15) is 19.3 Å². The fourth-order valence-electron chi connectivity index (χ4n) is 0.802. The van der Waals surface area contributed by atoms with Crippen LogP contribution in [-0.4, -0.2) is 18.9 Å². The van der Waals surface area contributed by atoms with Crippen molar-refractivity contribution in [2.24, 2.45) is 0 Å². The van der Waals surface area contributed by atoms with Gasteiger partial charge >= 0.3 is 0 Å². The molecule has 8 heavy (non-hydrogen) atoms. The molecule has 1 aliphatic rings. The van der Waals surface area contributed by atoms with Gasteiger partial charge in [0.15, 0.2) is 0 Å². The molecule has 0 spiro atoms. The summed E-state index contributed by atoms with van der Waals surface area (Å²) in [6, 6.07) is 0. The van der Waals surface area contributed by atoms with Crippen LogP contribution in [0.3, 0.4) is 0 Å². The van der Waals surface area contributed by atoms with E-state index >= 15 is 0 Å². The van der Waals surface area contributed by atoms with E-state index in [0.717, 1.165) is 0 Å². The average Bonchev–Trinajstić information content (AvgIpc) is 1.96. The fraction of sp³-hybridized carbons (Fsp3) is 1.00. The Kier molecular flexibility index (Phi) is 7.85. The summed E-state index contributed by atoms with van der Waals surface area (Å²) in [5.74, 6) is 1.81. The lowest BCUT2D eigenvalue weighted by atomic mass is 10.2. The topological polar surface area (TPSA) is 12.0 Å².